The first kappa shape index (κ1) is 41.3. The SMILES string of the molecule is CC(C)n1c(CCC(O)CC(O)CC(=O)O)c(-c2ccc(F)cc2)c(-c2ccc(F)cc2)c1C(=O)NCc1ccc(C(=O)O)cc1.[NaH].[NaH]. The van der Waals surface area contributed by atoms with Crippen LogP contribution in [0, 0.1) is 11.6 Å². The van der Waals surface area contributed by atoms with E-state index >= 15 is 0 Å². The number of aromatic nitrogens is 1. The number of carbonyl (C=O) groups is 3. The third-order valence-electron chi connectivity index (χ3n) is 7.63. The summed E-state index contributed by atoms with van der Waals surface area (Å²) in [7, 11) is 0. The number of benzene rings is 3. The molecule has 0 aliphatic carbocycles. The van der Waals surface area contributed by atoms with Crippen molar-refractivity contribution in [1.29, 1.82) is 0 Å². The molecule has 0 radical (unpaired) electrons. The van der Waals surface area contributed by atoms with Crippen LogP contribution >= 0.6 is 0 Å². The van der Waals surface area contributed by atoms with Crippen molar-refractivity contribution in [3.63, 3.8) is 0 Å². The summed E-state index contributed by atoms with van der Waals surface area (Å²) >= 11 is 0. The Morgan fingerprint density at radius 2 is 1.29 bits per heavy atom. The molecule has 0 bridgehead atoms. The molecule has 3 aromatic carbocycles. The van der Waals surface area contributed by atoms with E-state index in [2.05, 4.69) is 5.32 Å². The minimum atomic E-state index is -1.25. The van der Waals surface area contributed by atoms with Crippen LogP contribution < -0.4 is 5.32 Å². The Kier molecular flexibility index (Phi) is 16.2. The number of nitrogens with zero attached hydrogens (tertiary/aromatic N) is 1. The monoisotopic (exact) mass is 682 g/mol. The average Bonchev–Trinajstić information content (AvgIpc) is 3.34. The Labute approximate surface area is 321 Å². The number of aliphatic carboxylic acids is 1. The van der Waals surface area contributed by atoms with Crippen molar-refractivity contribution in [3.05, 3.63) is 107 Å². The number of hydrogen-bond acceptors (Lipinski definition) is 5. The van der Waals surface area contributed by atoms with E-state index in [0.717, 1.165) is 0 Å². The fourth-order valence-electron chi connectivity index (χ4n) is 5.55. The van der Waals surface area contributed by atoms with E-state index in [1.165, 1.54) is 36.4 Å². The molecule has 1 heterocycles. The summed E-state index contributed by atoms with van der Waals surface area (Å²) in [5.74, 6) is -3.68. The molecule has 48 heavy (non-hydrogen) atoms. The number of carboxylic acids is 2. The summed E-state index contributed by atoms with van der Waals surface area (Å²) in [5.41, 5.74) is 3.79. The average molecular weight is 683 g/mol. The van der Waals surface area contributed by atoms with Gasteiger partial charge in [0.15, 0.2) is 0 Å². The third-order valence-corrected chi connectivity index (χ3v) is 7.63. The molecule has 13 heteroatoms. The molecule has 4 rings (SSSR count). The second kappa shape index (κ2) is 18.8. The minimum absolute atomic E-state index is 0. The van der Waals surface area contributed by atoms with E-state index in [1.807, 2.05) is 18.4 Å². The zero-order valence-corrected chi connectivity index (χ0v) is 25.4. The summed E-state index contributed by atoms with van der Waals surface area (Å²) in [4.78, 5) is 36.4. The molecule has 9 nitrogen and oxygen atoms in total. The van der Waals surface area contributed by atoms with Crippen LogP contribution in [0.15, 0.2) is 72.8 Å². The van der Waals surface area contributed by atoms with Gasteiger partial charge < -0.3 is 30.3 Å². The van der Waals surface area contributed by atoms with Crippen LogP contribution in [0.2, 0.25) is 0 Å². The molecule has 0 fully saturated rings. The molecular formula is C35H38F2N2Na2O7. The Bertz CT molecular complexity index is 1690. The number of hydrogen-bond donors (Lipinski definition) is 5. The van der Waals surface area contributed by atoms with Crippen molar-refractivity contribution in [1.82, 2.24) is 9.88 Å². The van der Waals surface area contributed by atoms with Crippen molar-refractivity contribution in [2.75, 3.05) is 0 Å². The van der Waals surface area contributed by atoms with Gasteiger partial charge in [-0.25, -0.2) is 13.6 Å². The maximum atomic E-state index is 14.1. The van der Waals surface area contributed by atoms with E-state index in [-0.39, 0.29) is 102 Å². The molecule has 4 aromatic rings. The Morgan fingerprint density at radius 3 is 1.77 bits per heavy atom. The zero-order chi connectivity index (χ0) is 33.5. The van der Waals surface area contributed by atoms with Crippen molar-refractivity contribution < 1.29 is 43.6 Å². The molecule has 2 unspecified atom stereocenters. The summed E-state index contributed by atoms with van der Waals surface area (Å²) in [5, 5.41) is 41.9. The fraction of sp³-hybridized carbons (Fsp3) is 0.286. The van der Waals surface area contributed by atoms with Crippen molar-refractivity contribution in [3.8, 4) is 22.3 Å². The van der Waals surface area contributed by atoms with Gasteiger partial charge in [0.25, 0.3) is 5.91 Å². The second-order valence-electron chi connectivity index (χ2n) is 11.4. The van der Waals surface area contributed by atoms with E-state index < -0.39 is 48.1 Å². The number of aliphatic hydroxyl groups is 2. The van der Waals surface area contributed by atoms with Crippen LogP contribution in [-0.4, -0.2) is 114 Å². The van der Waals surface area contributed by atoms with Crippen LogP contribution in [0.5, 0.6) is 0 Å². The van der Waals surface area contributed by atoms with E-state index in [1.54, 1.807) is 36.4 Å². The normalized spacial score (nSPS) is 12.1. The van der Waals surface area contributed by atoms with Crippen LogP contribution in [0.1, 0.15) is 71.3 Å². The fourth-order valence-corrected chi connectivity index (χ4v) is 5.55. The van der Waals surface area contributed by atoms with Gasteiger partial charge in [-0.1, -0.05) is 36.4 Å². The number of aromatic carboxylic acids is 1. The number of carbonyl (C=O) groups excluding carboxylic acids is 1. The first-order valence-corrected chi connectivity index (χ1v) is 14.8. The number of amides is 1. The van der Waals surface area contributed by atoms with Crippen LogP contribution in [0.25, 0.3) is 22.3 Å². The van der Waals surface area contributed by atoms with Gasteiger partial charge in [0.2, 0.25) is 0 Å². The summed E-state index contributed by atoms with van der Waals surface area (Å²) in [6.07, 6.45) is -2.68. The summed E-state index contributed by atoms with van der Waals surface area (Å²) in [6.45, 7) is 3.83. The Balaban J connectivity index is 0.00000400. The molecule has 1 aromatic heterocycles. The maximum absolute atomic E-state index is 14.1. The van der Waals surface area contributed by atoms with Gasteiger partial charge in [0.05, 0.1) is 24.2 Å². The first-order chi connectivity index (χ1) is 21.8. The molecule has 2 atom stereocenters. The van der Waals surface area contributed by atoms with Gasteiger partial charge in [-0.3, -0.25) is 9.59 Å². The van der Waals surface area contributed by atoms with Gasteiger partial charge in [-0.05, 0) is 86.2 Å². The van der Waals surface area contributed by atoms with Gasteiger partial charge in [0.1, 0.15) is 17.3 Å². The number of aliphatic hydroxyl groups excluding tert-OH is 2. The third kappa shape index (κ3) is 10.6. The van der Waals surface area contributed by atoms with Gasteiger partial charge in [-0.2, -0.15) is 0 Å². The van der Waals surface area contributed by atoms with Gasteiger partial charge in [0, 0.05) is 29.4 Å². The molecule has 246 valence electrons. The van der Waals surface area contributed by atoms with E-state index in [4.69, 9.17) is 5.11 Å². The summed E-state index contributed by atoms with van der Waals surface area (Å²) < 4.78 is 30.0. The molecule has 0 aliphatic heterocycles. The van der Waals surface area contributed by atoms with Gasteiger partial charge in [-0.15, -0.1) is 0 Å². The molecule has 0 aliphatic rings. The first-order valence-electron chi connectivity index (χ1n) is 14.8. The topological polar surface area (TPSA) is 149 Å². The van der Waals surface area contributed by atoms with E-state index in [0.29, 0.717) is 33.5 Å². The predicted octanol–water partition coefficient (Wildman–Crippen LogP) is 4.53. The Hall–Kier alpha value is -2.87. The van der Waals surface area contributed by atoms with Gasteiger partial charge >= 0.3 is 71.1 Å². The number of carboxylic acid groups (broad SMARTS) is 2. The molecule has 0 saturated heterocycles. The van der Waals surface area contributed by atoms with Crippen LogP contribution in [0.4, 0.5) is 8.78 Å². The molecule has 5 N–H and O–H groups in total. The number of halogens is 2. The van der Waals surface area contributed by atoms with Crippen LogP contribution in [-0.2, 0) is 17.8 Å². The van der Waals surface area contributed by atoms with E-state index in [9.17, 15) is 38.5 Å². The van der Waals surface area contributed by atoms with Crippen molar-refractivity contribution in [2.24, 2.45) is 0 Å². The predicted molar refractivity (Wildman–Crippen MR) is 182 cm³/mol. The quantitative estimate of drug-likeness (QED) is 0.123. The second-order valence-corrected chi connectivity index (χ2v) is 11.4. The zero-order valence-electron chi connectivity index (χ0n) is 25.4. The standard InChI is InChI=1S/C35H36F2N2O7.2Na.2H/c1-20(2)39-29(16-15-27(40)17-28(41)18-30(42)43)31(22-7-11-25(36)12-8-22)32(23-9-13-26(37)14-10-23)33(39)34(44)38-19-21-3-5-24(6-4-21)35(45)46;;;;/h3-14,20,27-28,40-41H,15-19H2,1-2H3,(H,38,44)(H,42,43)(H,45,46);;;;. The molecular weight excluding hydrogens is 644 g/mol. The van der Waals surface area contributed by atoms with Crippen molar-refractivity contribution in [2.45, 2.75) is 64.3 Å². The number of rotatable bonds is 14. The molecule has 0 spiro atoms. The molecule has 1 amide bonds. The van der Waals surface area contributed by atoms with Crippen LogP contribution in [0.3, 0.4) is 0 Å². The molecule has 0 saturated carbocycles. The summed E-state index contributed by atoms with van der Waals surface area (Å²) in [6, 6.07) is 17.1. The number of nitrogens with one attached hydrogen (secondary N) is 1. The Morgan fingerprint density at radius 1 is 0.771 bits per heavy atom. The van der Waals surface area contributed by atoms with Crippen molar-refractivity contribution >= 4 is 77.0 Å².